The van der Waals surface area contributed by atoms with Crippen LogP contribution in [0.25, 0.3) is 0 Å². The van der Waals surface area contributed by atoms with Gasteiger partial charge in [-0.05, 0) is 36.4 Å². The third kappa shape index (κ3) is 5.07. The monoisotopic (exact) mass is 348 g/mol. The minimum Gasteiger partial charge on any atom is -0.304 e. The van der Waals surface area contributed by atoms with Crippen molar-refractivity contribution in [2.45, 2.75) is 4.90 Å². The zero-order valence-electron chi connectivity index (χ0n) is 12.7. The van der Waals surface area contributed by atoms with E-state index in [2.05, 4.69) is 21.7 Å². The second-order valence-electron chi connectivity index (χ2n) is 4.82. The minimum atomic E-state index is -3.26. The van der Waals surface area contributed by atoms with Crippen LogP contribution in [0, 0.1) is 0 Å². The Bertz CT molecular complexity index is 820. The molecule has 8 nitrogen and oxygen atoms in total. The van der Waals surface area contributed by atoms with Gasteiger partial charge in [0.15, 0.2) is 9.84 Å². The second kappa shape index (κ2) is 7.57. The van der Waals surface area contributed by atoms with Crippen LogP contribution in [0.4, 0.5) is 10.5 Å². The largest absolute Gasteiger partial charge is 0.337 e. The average molecular weight is 348 g/mol. The third-order valence-corrected chi connectivity index (χ3v) is 4.06. The molecule has 0 radical (unpaired) electrons. The molecule has 24 heavy (non-hydrogen) atoms. The van der Waals surface area contributed by atoms with Crippen molar-refractivity contribution < 1.29 is 18.0 Å². The number of anilines is 1. The molecule has 2 aromatic carbocycles. The van der Waals surface area contributed by atoms with Gasteiger partial charge in [-0.2, -0.15) is 0 Å². The van der Waals surface area contributed by atoms with Gasteiger partial charge in [-0.15, -0.1) is 5.53 Å². The number of imide groups is 1. The number of rotatable bonds is 5. The van der Waals surface area contributed by atoms with Crippen molar-refractivity contribution in [3.63, 3.8) is 0 Å². The van der Waals surface area contributed by atoms with Crippen LogP contribution in [0.2, 0.25) is 0 Å². The van der Waals surface area contributed by atoms with Gasteiger partial charge in [0.05, 0.1) is 10.6 Å². The number of hydrogen-bond acceptors (Lipinski definition) is 6. The third-order valence-electron chi connectivity index (χ3n) is 2.93. The number of amides is 3. The van der Waals surface area contributed by atoms with Gasteiger partial charge in [-0.1, -0.05) is 18.2 Å². The summed E-state index contributed by atoms with van der Waals surface area (Å²) in [6.07, 6.45) is 1.11. The first-order chi connectivity index (χ1) is 11.4. The Kier molecular flexibility index (Phi) is 5.51. The van der Waals surface area contributed by atoms with Crippen LogP contribution in [-0.4, -0.2) is 26.6 Å². The number of benzene rings is 2. The topological polar surface area (TPSA) is 116 Å². The molecule has 0 saturated carbocycles. The molecular formula is C15H16N4O4S. The van der Waals surface area contributed by atoms with Crippen LogP contribution in [0.5, 0.6) is 0 Å². The number of carbonyl (C=O) groups excluding carboxylic acids is 2. The molecule has 0 aliphatic rings. The van der Waals surface area contributed by atoms with E-state index in [-0.39, 0.29) is 4.90 Å². The molecule has 126 valence electrons. The van der Waals surface area contributed by atoms with Crippen molar-refractivity contribution in [1.29, 1.82) is 0 Å². The number of urea groups is 1. The number of hydrazine groups is 2. The summed E-state index contributed by atoms with van der Waals surface area (Å²) in [4.78, 5) is 23.5. The maximum atomic E-state index is 11.7. The molecule has 0 atom stereocenters. The number of nitrogens with one attached hydrogen (secondary N) is 4. The van der Waals surface area contributed by atoms with Gasteiger partial charge >= 0.3 is 6.03 Å². The first-order valence-corrected chi connectivity index (χ1v) is 8.73. The number of sulfone groups is 1. The van der Waals surface area contributed by atoms with Gasteiger partial charge in [-0.3, -0.25) is 15.5 Å². The molecule has 0 saturated heterocycles. The lowest BCUT2D eigenvalue weighted by Crippen LogP contribution is -2.48. The molecular weight excluding hydrogens is 332 g/mol. The standard InChI is InChI=1S/C15H16N4O4S/c1-24(22,23)13-9-7-12(8-10-13)17-19-18-15(21)16-14(20)11-5-3-2-4-6-11/h2-10,17,19H,1H3,(H2,16,18,20,21). The van der Waals surface area contributed by atoms with Crippen molar-refractivity contribution in [3.8, 4) is 0 Å². The van der Waals surface area contributed by atoms with Crippen LogP contribution in [0.1, 0.15) is 10.4 Å². The summed E-state index contributed by atoms with van der Waals surface area (Å²) in [6.45, 7) is 0. The molecule has 2 aromatic rings. The zero-order chi connectivity index (χ0) is 17.6. The van der Waals surface area contributed by atoms with E-state index in [1.54, 1.807) is 30.3 Å². The summed E-state index contributed by atoms with van der Waals surface area (Å²) < 4.78 is 22.7. The highest BCUT2D eigenvalue weighted by atomic mass is 32.2. The summed E-state index contributed by atoms with van der Waals surface area (Å²) >= 11 is 0. The van der Waals surface area contributed by atoms with Crippen molar-refractivity contribution in [2.75, 3.05) is 11.7 Å². The Labute approximate surface area is 139 Å². The van der Waals surface area contributed by atoms with Gasteiger partial charge in [0.25, 0.3) is 5.91 Å². The quantitative estimate of drug-likeness (QED) is 0.601. The average Bonchev–Trinajstić information content (AvgIpc) is 2.55. The Morgan fingerprint density at radius 3 is 2.12 bits per heavy atom. The minimum absolute atomic E-state index is 0.187. The normalized spacial score (nSPS) is 10.7. The lowest BCUT2D eigenvalue weighted by molar-refractivity contribution is 0.0963. The van der Waals surface area contributed by atoms with E-state index < -0.39 is 21.8 Å². The fourth-order valence-corrected chi connectivity index (χ4v) is 2.37. The molecule has 0 aliphatic heterocycles. The predicted octanol–water partition coefficient (Wildman–Crippen LogP) is 1.06. The molecule has 0 heterocycles. The summed E-state index contributed by atoms with van der Waals surface area (Å²) in [6, 6.07) is 13.5. The molecule has 2 rings (SSSR count). The van der Waals surface area contributed by atoms with Crippen molar-refractivity contribution in [3.05, 3.63) is 60.2 Å². The van der Waals surface area contributed by atoms with Gasteiger partial charge < -0.3 is 5.43 Å². The number of hydrogen-bond donors (Lipinski definition) is 4. The number of carbonyl (C=O) groups is 2. The van der Waals surface area contributed by atoms with Crippen molar-refractivity contribution >= 4 is 27.5 Å². The molecule has 0 unspecified atom stereocenters. The van der Waals surface area contributed by atoms with Gasteiger partial charge in [0.2, 0.25) is 0 Å². The lowest BCUT2D eigenvalue weighted by Gasteiger charge is -2.10. The highest BCUT2D eigenvalue weighted by molar-refractivity contribution is 7.90. The molecule has 0 spiro atoms. The zero-order valence-corrected chi connectivity index (χ0v) is 13.6. The lowest BCUT2D eigenvalue weighted by atomic mass is 10.2. The molecule has 0 bridgehead atoms. The Morgan fingerprint density at radius 1 is 0.917 bits per heavy atom. The van der Waals surface area contributed by atoms with Crippen LogP contribution >= 0.6 is 0 Å². The van der Waals surface area contributed by atoms with E-state index >= 15 is 0 Å². The Hall–Kier alpha value is -2.91. The summed E-state index contributed by atoms with van der Waals surface area (Å²) in [5, 5.41) is 2.14. The maximum Gasteiger partial charge on any atom is 0.337 e. The molecule has 3 amide bonds. The summed E-state index contributed by atoms with van der Waals surface area (Å²) in [7, 11) is -3.26. The van der Waals surface area contributed by atoms with E-state index in [1.165, 1.54) is 24.3 Å². The van der Waals surface area contributed by atoms with E-state index in [4.69, 9.17) is 0 Å². The van der Waals surface area contributed by atoms with Crippen LogP contribution in [-0.2, 0) is 9.84 Å². The predicted molar refractivity (Wildman–Crippen MR) is 88.8 cm³/mol. The highest BCUT2D eigenvalue weighted by Gasteiger charge is 2.09. The Morgan fingerprint density at radius 2 is 1.54 bits per heavy atom. The summed E-state index contributed by atoms with van der Waals surface area (Å²) in [5.41, 5.74) is 8.15. The molecule has 4 N–H and O–H groups in total. The fourth-order valence-electron chi connectivity index (χ4n) is 1.74. The molecule has 0 fully saturated rings. The first-order valence-electron chi connectivity index (χ1n) is 6.84. The smallest absolute Gasteiger partial charge is 0.304 e. The molecule has 9 heteroatoms. The molecule has 0 aliphatic carbocycles. The highest BCUT2D eigenvalue weighted by Crippen LogP contribution is 2.12. The van der Waals surface area contributed by atoms with Crippen LogP contribution in [0.15, 0.2) is 59.5 Å². The van der Waals surface area contributed by atoms with E-state index in [0.717, 1.165) is 6.26 Å². The van der Waals surface area contributed by atoms with E-state index in [9.17, 15) is 18.0 Å². The molecule has 0 aromatic heterocycles. The van der Waals surface area contributed by atoms with Gasteiger partial charge in [0.1, 0.15) is 0 Å². The van der Waals surface area contributed by atoms with E-state index in [1.807, 2.05) is 0 Å². The fraction of sp³-hybridized carbons (Fsp3) is 0.0667. The SMILES string of the molecule is CS(=O)(=O)c1ccc(NNNC(=O)NC(=O)c2ccccc2)cc1. The second-order valence-corrected chi connectivity index (χ2v) is 6.84. The van der Waals surface area contributed by atoms with Crippen LogP contribution in [0.3, 0.4) is 0 Å². The Balaban J connectivity index is 1.79. The maximum absolute atomic E-state index is 11.7. The van der Waals surface area contributed by atoms with Gasteiger partial charge in [0, 0.05) is 11.8 Å². The van der Waals surface area contributed by atoms with Crippen molar-refractivity contribution in [2.24, 2.45) is 0 Å². The first kappa shape index (κ1) is 17.4. The van der Waals surface area contributed by atoms with E-state index in [0.29, 0.717) is 11.3 Å². The van der Waals surface area contributed by atoms with Gasteiger partial charge in [-0.25, -0.2) is 13.2 Å². The van der Waals surface area contributed by atoms with Crippen LogP contribution < -0.4 is 21.7 Å². The van der Waals surface area contributed by atoms with Crippen molar-refractivity contribution in [1.82, 2.24) is 16.3 Å². The summed E-state index contributed by atoms with van der Waals surface area (Å²) in [5.74, 6) is -0.535.